The molecule has 0 aliphatic rings. The van der Waals surface area contributed by atoms with E-state index in [0.29, 0.717) is 13.2 Å². The van der Waals surface area contributed by atoms with Gasteiger partial charge in [0.15, 0.2) is 0 Å². The Labute approximate surface area is 106 Å². The summed E-state index contributed by atoms with van der Waals surface area (Å²) < 4.78 is 21.2. The van der Waals surface area contributed by atoms with Crippen LogP contribution in [-0.4, -0.2) is 13.2 Å². The molecule has 0 atom stereocenters. The van der Waals surface area contributed by atoms with Crippen LogP contribution in [-0.2, 0) is 22.7 Å². The van der Waals surface area contributed by atoms with Gasteiger partial charge in [-0.25, -0.2) is 0 Å². The van der Waals surface area contributed by atoms with E-state index in [1.165, 1.54) is 0 Å². The zero-order valence-corrected chi connectivity index (χ0v) is 10.3. The Morgan fingerprint density at radius 2 is 1.28 bits per heavy atom. The molecule has 4 heteroatoms. The minimum atomic E-state index is 0.542. The number of furan rings is 2. The SMILES string of the molecule is c1coc(COCCCCOCc2ccco2)c1. The van der Waals surface area contributed by atoms with E-state index in [1.54, 1.807) is 12.5 Å². The molecule has 0 amide bonds. The summed E-state index contributed by atoms with van der Waals surface area (Å²) >= 11 is 0. The fraction of sp³-hybridized carbons (Fsp3) is 0.429. The first kappa shape index (κ1) is 12.9. The lowest BCUT2D eigenvalue weighted by Gasteiger charge is -2.03. The average Bonchev–Trinajstić information content (AvgIpc) is 3.05. The summed E-state index contributed by atoms with van der Waals surface area (Å²) in [5.41, 5.74) is 0. The van der Waals surface area contributed by atoms with Crippen LogP contribution in [0.15, 0.2) is 45.6 Å². The van der Waals surface area contributed by atoms with Gasteiger partial charge in [-0.1, -0.05) is 0 Å². The molecular formula is C14H18O4. The zero-order chi connectivity index (χ0) is 12.5. The molecule has 0 saturated heterocycles. The van der Waals surface area contributed by atoms with E-state index in [4.69, 9.17) is 18.3 Å². The quantitative estimate of drug-likeness (QED) is 0.640. The molecule has 0 saturated carbocycles. The third-order valence-electron chi connectivity index (χ3n) is 2.48. The molecule has 2 aromatic rings. The van der Waals surface area contributed by atoms with Crippen molar-refractivity contribution in [1.82, 2.24) is 0 Å². The van der Waals surface area contributed by atoms with Crippen molar-refractivity contribution in [3.05, 3.63) is 48.3 Å². The lowest BCUT2D eigenvalue weighted by atomic mass is 10.3. The van der Waals surface area contributed by atoms with Gasteiger partial charge in [-0.05, 0) is 37.1 Å². The van der Waals surface area contributed by atoms with Crippen LogP contribution in [0, 0.1) is 0 Å². The molecule has 2 heterocycles. The summed E-state index contributed by atoms with van der Waals surface area (Å²) in [5, 5.41) is 0. The molecule has 0 unspecified atom stereocenters. The second-order valence-corrected chi connectivity index (χ2v) is 3.97. The highest BCUT2D eigenvalue weighted by Crippen LogP contribution is 2.04. The molecule has 4 nitrogen and oxygen atoms in total. The smallest absolute Gasteiger partial charge is 0.129 e. The van der Waals surface area contributed by atoms with Gasteiger partial charge in [-0.2, -0.15) is 0 Å². The number of ether oxygens (including phenoxy) is 2. The van der Waals surface area contributed by atoms with Crippen LogP contribution in [0.4, 0.5) is 0 Å². The van der Waals surface area contributed by atoms with E-state index >= 15 is 0 Å². The normalized spacial score (nSPS) is 10.9. The number of hydrogen-bond donors (Lipinski definition) is 0. The average molecular weight is 250 g/mol. The van der Waals surface area contributed by atoms with Crippen LogP contribution in [0.5, 0.6) is 0 Å². The van der Waals surface area contributed by atoms with Crippen molar-refractivity contribution >= 4 is 0 Å². The summed E-state index contributed by atoms with van der Waals surface area (Å²) in [4.78, 5) is 0. The Hall–Kier alpha value is -1.52. The van der Waals surface area contributed by atoms with E-state index in [9.17, 15) is 0 Å². The number of hydrogen-bond acceptors (Lipinski definition) is 4. The third-order valence-corrected chi connectivity index (χ3v) is 2.48. The summed E-state index contributed by atoms with van der Waals surface area (Å²) in [7, 11) is 0. The van der Waals surface area contributed by atoms with Gasteiger partial charge in [0.25, 0.3) is 0 Å². The van der Waals surface area contributed by atoms with Gasteiger partial charge < -0.3 is 18.3 Å². The van der Waals surface area contributed by atoms with Crippen LogP contribution >= 0.6 is 0 Å². The van der Waals surface area contributed by atoms with Crippen molar-refractivity contribution in [3.63, 3.8) is 0 Å². The Bertz CT molecular complexity index is 351. The molecule has 0 radical (unpaired) electrons. The van der Waals surface area contributed by atoms with Crippen molar-refractivity contribution in [2.45, 2.75) is 26.1 Å². The molecule has 2 rings (SSSR count). The third kappa shape index (κ3) is 4.77. The van der Waals surface area contributed by atoms with E-state index < -0.39 is 0 Å². The van der Waals surface area contributed by atoms with Crippen molar-refractivity contribution in [2.24, 2.45) is 0 Å². The molecule has 0 aromatic carbocycles. The highest BCUT2D eigenvalue weighted by Gasteiger charge is 1.97. The molecule has 0 bridgehead atoms. The minimum Gasteiger partial charge on any atom is -0.467 e. The fourth-order valence-corrected chi connectivity index (χ4v) is 1.54. The molecule has 98 valence electrons. The molecule has 0 fully saturated rings. The summed E-state index contributed by atoms with van der Waals surface area (Å²) in [6, 6.07) is 7.54. The van der Waals surface area contributed by atoms with Gasteiger partial charge in [0.05, 0.1) is 12.5 Å². The molecule has 2 aromatic heterocycles. The van der Waals surface area contributed by atoms with E-state index in [-0.39, 0.29) is 0 Å². The topological polar surface area (TPSA) is 44.7 Å². The molecule has 18 heavy (non-hydrogen) atoms. The van der Waals surface area contributed by atoms with Gasteiger partial charge in [-0.3, -0.25) is 0 Å². The summed E-state index contributed by atoms with van der Waals surface area (Å²) in [6.45, 7) is 2.54. The van der Waals surface area contributed by atoms with E-state index in [0.717, 1.165) is 37.6 Å². The van der Waals surface area contributed by atoms with Crippen LogP contribution in [0.25, 0.3) is 0 Å². The van der Waals surface area contributed by atoms with Crippen molar-refractivity contribution in [3.8, 4) is 0 Å². The van der Waals surface area contributed by atoms with Crippen molar-refractivity contribution in [2.75, 3.05) is 13.2 Å². The minimum absolute atomic E-state index is 0.542. The van der Waals surface area contributed by atoms with Crippen LogP contribution in [0.2, 0.25) is 0 Å². The first-order valence-electron chi connectivity index (χ1n) is 6.15. The molecule has 0 aliphatic carbocycles. The lowest BCUT2D eigenvalue weighted by Crippen LogP contribution is -1.99. The fourth-order valence-electron chi connectivity index (χ4n) is 1.54. The van der Waals surface area contributed by atoms with Crippen molar-refractivity contribution in [1.29, 1.82) is 0 Å². The first-order valence-corrected chi connectivity index (χ1v) is 6.15. The highest BCUT2D eigenvalue weighted by molar-refractivity contribution is 4.96. The first-order chi connectivity index (χ1) is 8.95. The van der Waals surface area contributed by atoms with Crippen LogP contribution < -0.4 is 0 Å². The molecular weight excluding hydrogens is 232 g/mol. The van der Waals surface area contributed by atoms with Crippen LogP contribution in [0.3, 0.4) is 0 Å². The Morgan fingerprint density at radius 3 is 1.67 bits per heavy atom. The number of rotatable bonds is 9. The standard InChI is InChI=1S/C14H18O4/c1(7-15-11-13-5-3-9-17-13)2-8-16-12-14-6-4-10-18-14/h3-6,9-10H,1-2,7-8,11-12H2. The lowest BCUT2D eigenvalue weighted by molar-refractivity contribution is 0.0776. The maximum Gasteiger partial charge on any atom is 0.129 e. The van der Waals surface area contributed by atoms with Gasteiger partial charge in [0, 0.05) is 13.2 Å². The molecule has 0 spiro atoms. The monoisotopic (exact) mass is 250 g/mol. The van der Waals surface area contributed by atoms with Gasteiger partial charge >= 0.3 is 0 Å². The Balaban J connectivity index is 1.40. The van der Waals surface area contributed by atoms with Crippen LogP contribution in [0.1, 0.15) is 24.4 Å². The number of unbranched alkanes of at least 4 members (excludes halogenated alkanes) is 1. The van der Waals surface area contributed by atoms with E-state index in [2.05, 4.69) is 0 Å². The molecule has 0 aliphatic heterocycles. The largest absolute Gasteiger partial charge is 0.467 e. The maximum atomic E-state index is 5.46. The van der Waals surface area contributed by atoms with Crippen molar-refractivity contribution < 1.29 is 18.3 Å². The van der Waals surface area contributed by atoms with Gasteiger partial charge in [0.1, 0.15) is 24.7 Å². The maximum absolute atomic E-state index is 5.46. The Morgan fingerprint density at radius 1 is 0.778 bits per heavy atom. The Kier molecular flexibility index (Phi) is 5.56. The second-order valence-electron chi connectivity index (χ2n) is 3.97. The highest BCUT2D eigenvalue weighted by atomic mass is 16.5. The second kappa shape index (κ2) is 7.74. The zero-order valence-electron chi connectivity index (χ0n) is 10.3. The predicted molar refractivity (Wildman–Crippen MR) is 66.0 cm³/mol. The summed E-state index contributed by atoms with van der Waals surface area (Å²) in [6.07, 6.45) is 5.28. The predicted octanol–water partition coefficient (Wildman–Crippen LogP) is 3.39. The van der Waals surface area contributed by atoms with Gasteiger partial charge in [0.2, 0.25) is 0 Å². The van der Waals surface area contributed by atoms with Gasteiger partial charge in [-0.15, -0.1) is 0 Å². The van der Waals surface area contributed by atoms with E-state index in [1.807, 2.05) is 24.3 Å². The summed E-state index contributed by atoms with van der Waals surface area (Å²) in [5.74, 6) is 1.73. The molecule has 0 N–H and O–H groups in total.